The number of methoxy groups -OCH3 is 1. The molecule has 2 aromatic heterocycles. The molecule has 0 bridgehead atoms. The van der Waals surface area contributed by atoms with Gasteiger partial charge in [0.1, 0.15) is 11.4 Å². The Hall–Kier alpha value is -3.32. The second-order valence-electron chi connectivity index (χ2n) is 7.83. The van der Waals surface area contributed by atoms with Gasteiger partial charge in [-0.05, 0) is 55.7 Å². The molecule has 166 valence electrons. The first-order valence-corrected chi connectivity index (χ1v) is 10.9. The fourth-order valence-electron chi connectivity index (χ4n) is 3.95. The molecule has 0 saturated carbocycles. The van der Waals surface area contributed by atoms with Crippen molar-refractivity contribution in [1.82, 2.24) is 14.5 Å². The minimum atomic E-state index is -0.176. The predicted molar refractivity (Wildman–Crippen MR) is 124 cm³/mol. The van der Waals surface area contributed by atoms with Gasteiger partial charge in [-0.1, -0.05) is 11.6 Å². The molecule has 0 unspecified atom stereocenters. The molecule has 1 saturated heterocycles. The number of anilines is 1. The number of carbonyl (C=O) groups is 2. The zero-order chi connectivity index (χ0) is 22.7. The van der Waals surface area contributed by atoms with E-state index < -0.39 is 0 Å². The van der Waals surface area contributed by atoms with Gasteiger partial charge < -0.3 is 19.5 Å². The van der Waals surface area contributed by atoms with Crippen LogP contribution in [0.15, 0.2) is 55.0 Å². The van der Waals surface area contributed by atoms with E-state index >= 15 is 0 Å². The summed E-state index contributed by atoms with van der Waals surface area (Å²) in [6.07, 6.45) is 6.47. The zero-order valence-electron chi connectivity index (χ0n) is 18.0. The van der Waals surface area contributed by atoms with Crippen LogP contribution in [0.1, 0.15) is 28.9 Å². The van der Waals surface area contributed by atoms with E-state index in [0.29, 0.717) is 48.1 Å². The molecule has 2 amide bonds. The molecular weight excluding hydrogens is 428 g/mol. The summed E-state index contributed by atoms with van der Waals surface area (Å²) in [5.74, 6) is 0.228. The van der Waals surface area contributed by atoms with Gasteiger partial charge in [0.15, 0.2) is 0 Å². The highest BCUT2D eigenvalue weighted by atomic mass is 35.5. The van der Waals surface area contributed by atoms with Gasteiger partial charge in [0.2, 0.25) is 5.91 Å². The molecule has 7 nitrogen and oxygen atoms in total. The van der Waals surface area contributed by atoms with E-state index in [-0.39, 0.29) is 17.7 Å². The number of piperidine rings is 1. The van der Waals surface area contributed by atoms with Crippen LogP contribution in [0.2, 0.25) is 5.02 Å². The number of nitrogens with one attached hydrogen (secondary N) is 1. The van der Waals surface area contributed by atoms with Crippen molar-refractivity contribution in [2.45, 2.75) is 19.8 Å². The Balaban J connectivity index is 1.40. The lowest BCUT2D eigenvalue weighted by atomic mass is 9.95. The van der Waals surface area contributed by atoms with E-state index in [9.17, 15) is 9.59 Å². The summed E-state index contributed by atoms with van der Waals surface area (Å²) >= 11 is 6.15. The smallest absolute Gasteiger partial charge is 0.270 e. The molecule has 1 aliphatic heterocycles. The standard InChI is InChI=1S/C24H25ClN4O3/c1-16-13-20(22(32-2)14-19(16)25)27-23(30)17-7-11-28(12-8-17)24(31)21-6-4-10-29(21)18-5-3-9-26-15-18/h3-6,9-10,13-15,17H,7-8,11-12H2,1-2H3,(H,27,30). The van der Waals surface area contributed by atoms with Gasteiger partial charge in [-0.25, -0.2) is 0 Å². The highest BCUT2D eigenvalue weighted by Gasteiger charge is 2.29. The largest absolute Gasteiger partial charge is 0.495 e. The number of nitrogens with zero attached hydrogens (tertiary/aromatic N) is 3. The van der Waals surface area contributed by atoms with Crippen molar-refractivity contribution < 1.29 is 14.3 Å². The van der Waals surface area contributed by atoms with Crippen molar-refractivity contribution in [3.8, 4) is 11.4 Å². The first-order valence-electron chi connectivity index (χ1n) is 10.5. The number of aryl methyl sites for hydroxylation is 1. The summed E-state index contributed by atoms with van der Waals surface area (Å²) in [5, 5.41) is 3.55. The van der Waals surface area contributed by atoms with E-state index in [0.717, 1.165) is 11.3 Å². The molecule has 1 aromatic carbocycles. The first kappa shape index (κ1) is 21.9. The number of hydrogen-bond donors (Lipinski definition) is 1. The van der Waals surface area contributed by atoms with Gasteiger partial charge in [0, 0.05) is 42.5 Å². The van der Waals surface area contributed by atoms with Crippen molar-refractivity contribution in [2.75, 3.05) is 25.5 Å². The van der Waals surface area contributed by atoms with E-state index in [4.69, 9.17) is 16.3 Å². The van der Waals surface area contributed by atoms with Crippen molar-refractivity contribution in [3.63, 3.8) is 0 Å². The third kappa shape index (κ3) is 4.48. The third-order valence-electron chi connectivity index (χ3n) is 5.78. The van der Waals surface area contributed by atoms with Crippen LogP contribution in [-0.4, -0.2) is 46.5 Å². The molecule has 32 heavy (non-hydrogen) atoms. The van der Waals surface area contributed by atoms with E-state index in [1.54, 1.807) is 30.5 Å². The average molecular weight is 453 g/mol. The van der Waals surface area contributed by atoms with Gasteiger partial charge in [0.25, 0.3) is 5.91 Å². The average Bonchev–Trinajstić information content (AvgIpc) is 3.31. The number of aromatic nitrogens is 2. The lowest BCUT2D eigenvalue weighted by Crippen LogP contribution is -2.42. The Morgan fingerprint density at radius 2 is 1.97 bits per heavy atom. The summed E-state index contributed by atoms with van der Waals surface area (Å²) < 4.78 is 7.18. The minimum Gasteiger partial charge on any atom is -0.495 e. The fourth-order valence-corrected chi connectivity index (χ4v) is 4.10. The fraction of sp³-hybridized carbons (Fsp3) is 0.292. The summed E-state index contributed by atoms with van der Waals surface area (Å²) in [6.45, 7) is 2.92. The summed E-state index contributed by atoms with van der Waals surface area (Å²) in [4.78, 5) is 31.9. The topological polar surface area (TPSA) is 76.5 Å². The van der Waals surface area contributed by atoms with Gasteiger partial charge in [-0.2, -0.15) is 0 Å². The van der Waals surface area contributed by atoms with Crippen molar-refractivity contribution in [1.29, 1.82) is 0 Å². The Morgan fingerprint density at radius 3 is 2.66 bits per heavy atom. The maximum Gasteiger partial charge on any atom is 0.270 e. The van der Waals surface area contributed by atoms with Gasteiger partial charge in [-0.15, -0.1) is 0 Å². The van der Waals surface area contributed by atoms with Gasteiger partial charge >= 0.3 is 0 Å². The van der Waals surface area contributed by atoms with E-state index in [1.807, 2.05) is 48.0 Å². The monoisotopic (exact) mass is 452 g/mol. The molecular formula is C24H25ClN4O3. The van der Waals surface area contributed by atoms with Crippen LogP contribution >= 0.6 is 11.6 Å². The molecule has 3 heterocycles. The van der Waals surface area contributed by atoms with Crippen LogP contribution in [0.3, 0.4) is 0 Å². The number of halogens is 1. The Morgan fingerprint density at radius 1 is 1.19 bits per heavy atom. The second kappa shape index (κ2) is 9.44. The molecule has 1 aliphatic rings. The van der Waals surface area contributed by atoms with Crippen molar-refractivity contribution in [2.24, 2.45) is 5.92 Å². The number of pyridine rings is 1. The van der Waals surface area contributed by atoms with Crippen LogP contribution in [0.5, 0.6) is 5.75 Å². The van der Waals surface area contributed by atoms with Crippen LogP contribution < -0.4 is 10.1 Å². The molecule has 0 radical (unpaired) electrons. The Bertz CT molecular complexity index is 1120. The van der Waals surface area contributed by atoms with E-state index in [1.165, 1.54) is 0 Å². The highest BCUT2D eigenvalue weighted by molar-refractivity contribution is 6.31. The van der Waals surface area contributed by atoms with Gasteiger partial charge in [0.05, 0.1) is 24.7 Å². The minimum absolute atomic E-state index is 0.0484. The van der Waals surface area contributed by atoms with Crippen LogP contribution in [0.25, 0.3) is 5.69 Å². The summed E-state index contributed by atoms with van der Waals surface area (Å²) in [5.41, 5.74) is 2.89. The Labute approximate surface area is 192 Å². The quantitative estimate of drug-likeness (QED) is 0.625. The first-order chi connectivity index (χ1) is 15.5. The van der Waals surface area contributed by atoms with E-state index in [2.05, 4.69) is 10.3 Å². The van der Waals surface area contributed by atoms with Crippen LogP contribution in [-0.2, 0) is 4.79 Å². The molecule has 0 spiro atoms. The third-order valence-corrected chi connectivity index (χ3v) is 6.19. The lowest BCUT2D eigenvalue weighted by molar-refractivity contribution is -0.121. The highest BCUT2D eigenvalue weighted by Crippen LogP contribution is 2.32. The van der Waals surface area contributed by atoms with Crippen molar-refractivity contribution >= 4 is 29.1 Å². The van der Waals surface area contributed by atoms with Crippen LogP contribution in [0, 0.1) is 12.8 Å². The number of likely N-dealkylation sites (tertiary alicyclic amines) is 1. The Kier molecular flexibility index (Phi) is 6.46. The summed E-state index contributed by atoms with van der Waals surface area (Å²) in [7, 11) is 1.54. The lowest BCUT2D eigenvalue weighted by Gasteiger charge is -2.31. The zero-order valence-corrected chi connectivity index (χ0v) is 18.8. The molecule has 4 rings (SSSR count). The number of rotatable bonds is 5. The molecule has 1 fully saturated rings. The number of amides is 2. The molecule has 1 N–H and O–H groups in total. The molecule has 0 atom stereocenters. The normalized spacial score (nSPS) is 14.3. The number of benzene rings is 1. The second-order valence-corrected chi connectivity index (χ2v) is 8.24. The predicted octanol–water partition coefficient (Wildman–Crippen LogP) is 4.33. The number of carbonyl (C=O) groups excluding carboxylic acids is 2. The van der Waals surface area contributed by atoms with Crippen molar-refractivity contribution in [3.05, 3.63) is 71.3 Å². The molecule has 3 aromatic rings. The summed E-state index contributed by atoms with van der Waals surface area (Å²) in [6, 6.07) is 10.9. The van der Waals surface area contributed by atoms with Crippen LogP contribution in [0.4, 0.5) is 5.69 Å². The molecule has 0 aliphatic carbocycles. The maximum absolute atomic E-state index is 13.1. The number of hydrogen-bond acceptors (Lipinski definition) is 4. The SMILES string of the molecule is COc1cc(Cl)c(C)cc1NC(=O)C1CCN(C(=O)c2cccn2-c2cccnc2)CC1. The van der Waals surface area contributed by atoms with Gasteiger partial charge in [-0.3, -0.25) is 14.6 Å². The molecule has 8 heteroatoms. The maximum atomic E-state index is 13.1. The number of ether oxygens (including phenoxy) is 1.